The van der Waals surface area contributed by atoms with E-state index in [1.54, 1.807) is 0 Å². The van der Waals surface area contributed by atoms with Crippen molar-refractivity contribution in [3.05, 3.63) is 12.2 Å². The summed E-state index contributed by atoms with van der Waals surface area (Å²) in [6.07, 6.45) is 17.4. The number of rotatable bonds is 17. The minimum atomic E-state index is -0.272. The standard InChI is InChI=1S/C21H38O4/c1-3-4-5-12-15-20(23)16-13-10-8-6-7-9-11-14-17-21(24)25-18-19(2)22/h10,13,20,23H,3-9,11-12,14-18H2,1-2H3/b13-10-/t20-/m1/s1. The van der Waals surface area contributed by atoms with Crippen LogP contribution in [0.2, 0.25) is 0 Å². The first kappa shape index (κ1) is 23.8. The fourth-order valence-electron chi connectivity index (χ4n) is 2.61. The number of Topliss-reactive ketones (excluding diaryl/α,β-unsaturated/α-hetero) is 1. The molecular weight excluding hydrogens is 316 g/mol. The SMILES string of the molecule is CCCCCC[C@@H](O)C/C=C\CCCCCCCC(=O)OCC(C)=O. The molecule has 0 amide bonds. The Labute approximate surface area is 154 Å². The van der Waals surface area contributed by atoms with E-state index in [0.29, 0.717) is 6.42 Å². The summed E-state index contributed by atoms with van der Waals surface area (Å²) in [6, 6.07) is 0. The average Bonchev–Trinajstić information content (AvgIpc) is 2.58. The van der Waals surface area contributed by atoms with E-state index >= 15 is 0 Å². The highest BCUT2D eigenvalue weighted by Crippen LogP contribution is 2.10. The first-order valence-electron chi connectivity index (χ1n) is 10.0. The van der Waals surface area contributed by atoms with Crippen molar-refractivity contribution >= 4 is 11.8 Å². The Kier molecular flexibility index (Phi) is 16.8. The lowest BCUT2D eigenvalue weighted by atomic mass is 10.1. The number of ether oxygens (including phenoxy) is 1. The van der Waals surface area contributed by atoms with Gasteiger partial charge in [0.2, 0.25) is 0 Å². The minimum Gasteiger partial charge on any atom is -0.458 e. The molecular formula is C21H38O4. The van der Waals surface area contributed by atoms with Crippen molar-refractivity contribution in [1.29, 1.82) is 0 Å². The Morgan fingerprint density at radius 3 is 2.36 bits per heavy atom. The normalized spacial score (nSPS) is 12.4. The van der Waals surface area contributed by atoms with E-state index in [-0.39, 0.29) is 24.5 Å². The molecule has 0 spiro atoms. The summed E-state index contributed by atoms with van der Waals surface area (Å²) in [7, 11) is 0. The lowest BCUT2D eigenvalue weighted by Crippen LogP contribution is -2.10. The molecule has 0 saturated carbocycles. The molecule has 0 heterocycles. The fourth-order valence-corrected chi connectivity index (χ4v) is 2.61. The van der Waals surface area contributed by atoms with Gasteiger partial charge in [-0.15, -0.1) is 0 Å². The Hall–Kier alpha value is -1.16. The van der Waals surface area contributed by atoms with Gasteiger partial charge in [-0.3, -0.25) is 9.59 Å². The maximum atomic E-state index is 11.3. The molecule has 0 aliphatic carbocycles. The van der Waals surface area contributed by atoms with Gasteiger partial charge < -0.3 is 9.84 Å². The van der Waals surface area contributed by atoms with Crippen LogP contribution in [0.3, 0.4) is 0 Å². The van der Waals surface area contributed by atoms with Gasteiger partial charge in [0.1, 0.15) is 6.61 Å². The maximum absolute atomic E-state index is 11.3. The van der Waals surface area contributed by atoms with Crippen LogP contribution in [0.5, 0.6) is 0 Å². The van der Waals surface area contributed by atoms with Gasteiger partial charge in [0.25, 0.3) is 0 Å². The summed E-state index contributed by atoms with van der Waals surface area (Å²) in [4.78, 5) is 22.0. The number of hydrogen-bond acceptors (Lipinski definition) is 4. The van der Waals surface area contributed by atoms with Crippen LogP contribution >= 0.6 is 0 Å². The van der Waals surface area contributed by atoms with Gasteiger partial charge in [0, 0.05) is 6.42 Å². The Balaban J connectivity index is 3.34. The number of carbonyl (C=O) groups excluding carboxylic acids is 2. The van der Waals surface area contributed by atoms with Crippen molar-refractivity contribution in [3.63, 3.8) is 0 Å². The van der Waals surface area contributed by atoms with E-state index in [2.05, 4.69) is 19.1 Å². The van der Waals surface area contributed by atoms with Crippen LogP contribution < -0.4 is 0 Å². The molecule has 0 aromatic rings. The molecule has 0 fully saturated rings. The molecule has 0 saturated heterocycles. The van der Waals surface area contributed by atoms with Crippen LogP contribution in [0, 0.1) is 0 Å². The summed E-state index contributed by atoms with van der Waals surface area (Å²) < 4.78 is 4.81. The van der Waals surface area contributed by atoms with Crippen LogP contribution in [0.15, 0.2) is 12.2 Å². The molecule has 146 valence electrons. The predicted molar refractivity (Wildman–Crippen MR) is 102 cm³/mol. The summed E-state index contributed by atoms with van der Waals surface area (Å²) in [5.41, 5.74) is 0. The van der Waals surface area contributed by atoms with E-state index in [4.69, 9.17) is 4.74 Å². The van der Waals surface area contributed by atoms with Crippen molar-refractivity contribution < 1.29 is 19.4 Å². The molecule has 4 nitrogen and oxygen atoms in total. The maximum Gasteiger partial charge on any atom is 0.306 e. The van der Waals surface area contributed by atoms with Gasteiger partial charge >= 0.3 is 5.97 Å². The second-order valence-corrected chi connectivity index (χ2v) is 6.88. The Bertz CT molecular complexity index is 363. The highest BCUT2D eigenvalue weighted by Gasteiger charge is 2.04. The summed E-state index contributed by atoms with van der Waals surface area (Å²) in [5.74, 6) is -0.392. The van der Waals surface area contributed by atoms with Gasteiger partial charge in [-0.25, -0.2) is 0 Å². The van der Waals surface area contributed by atoms with E-state index in [1.165, 1.54) is 26.2 Å². The second-order valence-electron chi connectivity index (χ2n) is 6.88. The van der Waals surface area contributed by atoms with Gasteiger partial charge in [0.05, 0.1) is 6.10 Å². The molecule has 0 radical (unpaired) electrons. The quantitative estimate of drug-likeness (QED) is 0.223. The first-order chi connectivity index (χ1) is 12.1. The third-order valence-corrected chi connectivity index (χ3v) is 4.15. The van der Waals surface area contributed by atoms with Crippen molar-refractivity contribution in [2.45, 2.75) is 103 Å². The molecule has 0 aromatic carbocycles. The predicted octanol–water partition coefficient (Wildman–Crippen LogP) is 5.13. The Morgan fingerprint density at radius 1 is 0.960 bits per heavy atom. The average molecular weight is 355 g/mol. The molecule has 1 N–H and O–H groups in total. The van der Waals surface area contributed by atoms with E-state index in [9.17, 15) is 14.7 Å². The largest absolute Gasteiger partial charge is 0.458 e. The molecule has 0 aliphatic heterocycles. The number of ketones is 1. The Morgan fingerprint density at radius 2 is 1.64 bits per heavy atom. The fraction of sp³-hybridized carbons (Fsp3) is 0.810. The highest BCUT2D eigenvalue weighted by molar-refractivity contribution is 5.80. The highest BCUT2D eigenvalue weighted by atomic mass is 16.5. The lowest BCUT2D eigenvalue weighted by Gasteiger charge is -2.07. The molecule has 25 heavy (non-hydrogen) atoms. The third-order valence-electron chi connectivity index (χ3n) is 4.15. The molecule has 1 atom stereocenters. The van der Waals surface area contributed by atoms with Crippen LogP contribution in [0.25, 0.3) is 0 Å². The van der Waals surface area contributed by atoms with E-state index in [1.807, 2.05) is 0 Å². The molecule has 0 aliphatic rings. The number of hydrogen-bond donors (Lipinski definition) is 1. The summed E-state index contributed by atoms with van der Waals surface area (Å²) >= 11 is 0. The number of allylic oxidation sites excluding steroid dienone is 1. The number of aliphatic hydroxyl groups excluding tert-OH is 1. The smallest absolute Gasteiger partial charge is 0.306 e. The summed E-state index contributed by atoms with van der Waals surface area (Å²) in [5, 5.41) is 9.85. The third kappa shape index (κ3) is 19.0. The van der Waals surface area contributed by atoms with Crippen LogP contribution in [-0.4, -0.2) is 29.6 Å². The number of aliphatic hydroxyl groups is 1. The van der Waals surface area contributed by atoms with Gasteiger partial charge in [-0.2, -0.15) is 0 Å². The monoisotopic (exact) mass is 354 g/mol. The van der Waals surface area contributed by atoms with Gasteiger partial charge in [-0.05, 0) is 39.0 Å². The number of esters is 1. The van der Waals surface area contributed by atoms with Crippen molar-refractivity contribution in [3.8, 4) is 0 Å². The van der Waals surface area contributed by atoms with Crippen LogP contribution in [0.1, 0.15) is 97.3 Å². The van der Waals surface area contributed by atoms with E-state index < -0.39 is 0 Å². The summed E-state index contributed by atoms with van der Waals surface area (Å²) in [6.45, 7) is 3.51. The zero-order valence-electron chi connectivity index (χ0n) is 16.3. The van der Waals surface area contributed by atoms with Crippen molar-refractivity contribution in [2.75, 3.05) is 6.61 Å². The van der Waals surface area contributed by atoms with Crippen molar-refractivity contribution in [1.82, 2.24) is 0 Å². The zero-order valence-corrected chi connectivity index (χ0v) is 16.3. The first-order valence-corrected chi connectivity index (χ1v) is 10.0. The van der Waals surface area contributed by atoms with Gasteiger partial charge in [-0.1, -0.05) is 64.0 Å². The molecule has 0 bridgehead atoms. The zero-order chi connectivity index (χ0) is 18.8. The number of carbonyl (C=O) groups is 2. The van der Waals surface area contributed by atoms with Crippen LogP contribution in [-0.2, 0) is 14.3 Å². The van der Waals surface area contributed by atoms with Gasteiger partial charge in [0.15, 0.2) is 5.78 Å². The molecule has 0 rings (SSSR count). The molecule has 4 heteroatoms. The topological polar surface area (TPSA) is 63.6 Å². The van der Waals surface area contributed by atoms with E-state index in [0.717, 1.165) is 57.8 Å². The van der Waals surface area contributed by atoms with Crippen molar-refractivity contribution in [2.24, 2.45) is 0 Å². The minimum absolute atomic E-state index is 0.0986. The number of unbranched alkanes of at least 4 members (excludes halogenated alkanes) is 8. The lowest BCUT2D eigenvalue weighted by molar-refractivity contribution is -0.147. The molecule has 0 unspecified atom stereocenters. The van der Waals surface area contributed by atoms with Crippen LogP contribution in [0.4, 0.5) is 0 Å². The second kappa shape index (κ2) is 17.7. The molecule has 0 aromatic heterocycles.